The van der Waals surface area contributed by atoms with Crippen molar-refractivity contribution < 1.29 is 4.52 Å². The Morgan fingerprint density at radius 1 is 1.25 bits per heavy atom. The molecule has 114 valence electrons. The maximum atomic E-state index is 5.76. The highest BCUT2D eigenvalue weighted by Crippen LogP contribution is 2.42. The van der Waals surface area contributed by atoms with Crippen LogP contribution in [0.25, 0.3) is 0 Å². The Bertz CT molecular complexity index is 412. The van der Waals surface area contributed by atoms with Crippen molar-refractivity contribution in [2.24, 2.45) is 17.1 Å². The summed E-state index contributed by atoms with van der Waals surface area (Å²) >= 11 is 0. The van der Waals surface area contributed by atoms with E-state index < -0.39 is 0 Å². The summed E-state index contributed by atoms with van der Waals surface area (Å²) in [7, 11) is 0. The van der Waals surface area contributed by atoms with Gasteiger partial charge in [-0.05, 0) is 50.4 Å². The Morgan fingerprint density at radius 3 is 2.45 bits per heavy atom. The van der Waals surface area contributed by atoms with Crippen LogP contribution in [0, 0.1) is 11.3 Å². The second-order valence-corrected chi connectivity index (χ2v) is 7.48. The third-order valence-electron chi connectivity index (χ3n) is 4.61. The monoisotopic (exact) mass is 279 g/mol. The van der Waals surface area contributed by atoms with Crippen LogP contribution in [-0.2, 0) is 6.42 Å². The first-order valence-corrected chi connectivity index (χ1v) is 7.94. The lowest BCUT2D eigenvalue weighted by Gasteiger charge is -2.36. The molecule has 0 spiro atoms. The third kappa shape index (κ3) is 4.05. The predicted molar refractivity (Wildman–Crippen MR) is 80.4 cm³/mol. The number of hydrogen-bond donors (Lipinski definition) is 1. The second kappa shape index (κ2) is 6.25. The van der Waals surface area contributed by atoms with E-state index in [0.29, 0.717) is 11.3 Å². The van der Waals surface area contributed by atoms with Crippen LogP contribution in [0.4, 0.5) is 0 Å². The lowest BCUT2D eigenvalue weighted by atomic mass is 9.70. The van der Waals surface area contributed by atoms with Gasteiger partial charge in [0.1, 0.15) is 0 Å². The zero-order valence-corrected chi connectivity index (χ0v) is 13.4. The maximum Gasteiger partial charge on any atom is 0.226 e. The molecular formula is C16H29N3O. The zero-order chi connectivity index (χ0) is 14.8. The van der Waals surface area contributed by atoms with E-state index >= 15 is 0 Å². The van der Waals surface area contributed by atoms with Crippen LogP contribution >= 0.6 is 0 Å². The number of aromatic nitrogens is 2. The molecule has 20 heavy (non-hydrogen) atoms. The second-order valence-electron chi connectivity index (χ2n) is 7.48. The molecule has 0 bridgehead atoms. The number of rotatable bonds is 4. The minimum atomic E-state index is 0.188. The van der Waals surface area contributed by atoms with E-state index in [1.165, 1.54) is 25.7 Å². The van der Waals surface area contributed by atoms with Crippen molar-refractivity contribution in [1.82, 2.24) is 10.1 Å². The molecule has 2 N–H and O–H groups in total. The van der Waals surface area contributed by atoms with Crippen LogP contribution in [0.1, 0.15) is 77.4 Å². The molecule has 1 aliphatic carbocycles. The van der Waals surface area contributed by atoms with E-state index in [0.717, 1.165) is 30.5 Å². The maximum absolute atomic E-state index is 5.76. The molecule has 1 unspecified atom stereocenters. The van der Waals surface area contributed by atoms with Crippen molar-refractivity contribution in [3.05, 3.63) is 11.7 Å². The van der Waals surface area contributed by atoms with E-state index in [2.05, 4.69) is 30.9 Å². The van der Waals surface area contributed by atoms with Crippen LogP contribution in [0.5, 0.6) is 0 Å². The summed E-state index contributed by atoms with van der Waals surface area (Å²) in [5, 5.41) is 4.18. The molecular weight excluding hydrogens is 250 g/mol. The normalized spacial score (nSPS) is 25.6. The van der Waals surface area contributed by atoms with E-state index in [-0.39, 0.29) is 6.04 Å². The van der Waals surface area contributed by atoms with Crippen LogP contribution in [0.15, 0.2) is 4.52 Å². The van der Waals surface area contributed by atoms with Crippen LogP contribution < -0.4 is 5.73 Å². The first-order valence-electron chi connectivity index (χ1n) is 7.94. The van der Waals surface area contributed by atoms with Gasteiger partial charge in [0.2, 0.25) is 5.89 Å². The molecule has 1 heterocycles. The van der Waals surface area contributed by atoms with Crippen LogP contribution in [0.2, 0.25) is 0 Å². The fourth-order valence-electron chi connectivity index (χ4n) is 3.10. The number of aryl methyl sites for hydroxylation is 1. The van der Waals surface area contributed by atoms with Crippen molar-refractivity contribution in [1.29, 1.82) is 0 Å². The molecule has 0 amide bonds. The topological polar surface area (TPSA) is 64.9 Å². The summed E-state index contributed by atoms with van der Waals surface area (Å²) < 4.78 is 5.35. The number of hydrogen-bond acceptors (Lipinski definition) is 4. The summed E-state index contributed by atoms with van der Waals surface area (Å²) in [6, 6.07) is 0.188. The van der Waals surface area contributed by atoms with E-state index in [1.807, 2.05) is 6.92 Å². The number of nitrogens with two attached hydrogens (primary N) is 1. The molecule has 1 fully saturated rings. The fraction of sp³-hybridized carbons (Fsp3) is 0.875. The molecule has 1 aromatic heterocycles. The van der Waals surface area contributed by atoms with Gasteiger partial charge in [-0.2, -0.15) is 4.98 Å². The highest BCUT2D eigenvalue weighted by atomic mass is 16.5. The highest BCUT2D eigenvalue weighted by molar-refractivity contribution is 4.99. The predicted octanol–water partition coefficient (Wildman–Crippen LogP) is 3.67. The minimum absolute atomic E-state index is 0.188. The van der Waals surface area contributed by atoms with Gasteiger partial charge in [0.25, 0.3) is 0 Å². The van der Waals surface area contributed by atoms with Crippen LogP contribution in [0.3, 0.4) is 0 Å². The molecule has 2 rings (SSSR count). The minimum Gasteiger partial charge on any atom is -0.339 e. The molecule has 1 atom stereocenters. The van der Waals surface area contributed by atoms with E-state index in [1.54, 1.807) is 0 Å². The molecule has 4 heteroatoms. The Balaban J connectivity index is 1.88. The lowest BCUT2D eigenvalue weighted by Crippen LogP contribution is -2.25. The van der Waals surface area contributed by atoms with Gasteiger partial charge >= 0.3 is 0 Å². The van der Waals surface area contributed by atoms with Gasteiger partial charge in [-0.1, -0.05) is 25.9 Å². The largest absolute Gasteiger partial charge is 0.339 e. The molecule has 1 aliphatic rings. The van der Waals surface area contributed by atoms with Crippen LogP contribution in [-0.4, -0.2) is 16.2 Å². The summed E-state index contributed by atoms with van der Waals surface area (Å²) in [6.07, 6.45) is 6.62. The van der Waals surface area contributed by atoms with E-state index in [9.17, 15) is 0 Å². The summed E-state index contributed by atoms with van der Waals surface area (Å²) in [5.74, 6) is 2.97. The smallest absolute Gasteiger partial charge is 0.226 e. The highest BCUT2D eigenvalue weighted by Gasteiger charge is 2.31. The first-order chi connectivity index (χ1) is 9.36. The standard InChI is InChI=1S/C16H29N3O/c1-11(17)5-10-14-18-15(19-20-14)12-6-8-13(9-7-12)16(2,3)4/h11-13H,5-10,17H2,1-4H3. The zero-order valence-electron chi connectivity index (χ0n) is 13.4. The molecule has 0 aromatic carbocycles. The molecule has 1 aromatic rings. The van der Waals surface area contributed by atoms with Gasteiger partial charge in [0.05, 0.1) is 0 Å². The molecule has 0 saturated heterocycles. The fourth-order valence-corrected chi connectivity index (χ4v) is 3.10. The first kappa shape index (κ1) is 15.5. The summed E-state index contributed by atoms with van der Waals surface area (Å²) in [5.41, 5.74) is 6.18. The Morgan fingerprint density at radius 2 is 1.90 bits per heavy atom. The quantitative estimate of drug-likeness (QED) is 0.913. The van der Waals surface area contributed by atoms with Gasteiger partial charge < -0.3 is 10.3 Å². The Labute approximate surface area is 122 Å². The van der Waals surface area contributed by atoms with Gasteiger partial charge in [-0.25, -0.2) is 0 Å². The number of nitrogens with zero attached hydrogens (tertiary/aromatic N) is 2. The van der Waals surface area contributed by atoms with E-state index in [4.69, 9.17) is 10.3 Å². The molecule has 4 nitrogen and oxygen atoms in total. The van der Waals surface area contributed by atoms with Gasteiger partial charge in [-0.15, -0.1) is 0 Å². The molecule has 1 saturated carbocycles. The Kier molecular flexibility index (Phi) is 4.84. The van der Waals surface area contributed by atoms with Gasteiger partial charge in [0.15, 0.2) is 5.82 Å². The van der Waals surface area contributed by atoms with Crippen molar-refractivity contribution in [2.75, 3.05) is 0 Å². The van der Waals surface area contributed by atoms with Crippen molar-refractivity contribution in [2.45, 2.75) is 78.2 Å². The van der Waals surface area contributed by atoms with Crippen molar-refractivity contribution >= 4 is 0 Å². The van der Waals surface area contributed by atoms with Crippen molar-refractivity contribution in [3.8, 4) is 0 Å². The average molecular weight is 279 g/mol. The Hall–Kier alpha value is -0.900. The third-order valence-corrected chi connectivity index (χ3v) is 4.61. The molecule has 0 radical (unpaired) electrons. The summed E-state index contributed by atoms with van der Waals surface area (Å²) in [6.45, 7) is 9.04. The summed E-state index contributed by atoms with van der Waals surface area (Å²) in [4.78, 5) is 4.56. The van der Waals surface area contributed by atoms with Crippen molar-refractivity contribution in [3.63, 3.8) is 0 Å². The SMILES string of the molecule is CC(N)CCc1nc(C2CCC(C(C)(C)C)CC2)no1. The van der Waals surface area contributed by atoms with Gasteiger partial charge in [-0.3, -0.25) is 0 Å². The lowest BCUT2D eigenvalue weighted by molar-refractivity contribution is 0.166. The molecule has 0 aliphatic heterocycles. The van der Waals surface area contributed by atoms with Gasteiger partial charge in [0, 0.05) is 18.4 Å². The average Bonchev–Trinajstić information content (AvgIpc) is 2.84.